The van der Waals surface area contributed by atoms with Gasteiger partial charge in [0.15, 0.2) is 6.10 Å². The van der Waals surface area contributed by atoms with Crippen LogP contribution in [0.4, 0.5) is 20.3 Å². The zero-order chi connectivity index (χ0) is 42.5. The Morgan fingerprint density at radius 2 is 1.72 bits per heavy atom. The van der Waals surface area contributed by atoms with Gasteiger partial charge in [-0.1, -0.05) is 31.1 Å². The standard InChI is InChI=1S/C38H43F2N7O11/c1-18(2)30(35(53)41-20(4)32(50)43-29-11-12-47(37(54)44-29)36-38(39,40)31(49)28(16-48)57-36)45-33(51)22-13-23(15-24(14-22)55-6)42-34(52)25-9-7-8-10-27(25)56-17-26-19(3)46-58-21(26)5/h7-15,18,20,28,30-31,36,48-49H,16-17H2,1-6H3,(H,41,53)(H,42,52)(H,45,51)(H,43,44,50,54)/t20-,28+,30-,31+,36+/m0/s1. The van der Waals surface area contributed by atoms with E-state index in [1.807, 2.05) is 0 Å². The van der Waals surface area contributed by atoms with Gasteiger partial charge in [-0.2, -0.15) is 13.8 Å². The molecule has 1 aliphatic heterocycles. The molecule has 0 saturated carbocycles. The topological polar surface area (TPSA) is 245 Å². The highest BCUT2D eigenvalue weighted by Gasteiger charge is 2.59. The predicted octanol–water partition coefficient (Wildman–Crippen LogP) is 2.47. The summed E-state index contributed by atoms with van der Waals surface area (Å²) in [4.78, 5) is 69.6. The summed E-state index contributed by atoms with van der Waals surface area (Å²) in [7, 11) is 1.37. The number of halogens is 2. The summed E-state index contributed by atoms with van der Waals surface area (Å²) in [6.07, 6.45) is -5.41. The molecule has 4 aromatic rings. The maximum Gasteiger partial charge on any atom is 0.351 e. The Labute approximate surface area is 329 Å². The molecule has 5 atom stereocenters. The van der Waals surface area contributed by atoms with Crippen molar-refractivity contribution in [1.29, 1.82) is 0 Å². The van der Waals surface area contributed by atoms with E-state index in [1.165, 1.54) is 32.2 Å². The number of nitrogens with zero attached hydrogens (tertiary/aromatic N) is 3. The van der Waals surface area contributed by atoms with Crippen LogP contribution >= 0.6 is 0 Å². The number of para-hydroxylation sites is 1. The predicted molar refractivity (Wildman–Crippen MR) is 200 cm³/mol. The molecule has 2 aromatic heterocycles. The Morgan fingerprint density at radius 1 is 1.00 bits per heavy atom. The molecule has 0 bridgehead atoms. The number of alkyl halides is 2. The Kier molecular flexibility index (Phi) is 13.2. The lowest BCUT2D eigenvalue weighted by atomic mass is 10.0. The fourth-order valence-electron chi connectivity index (χ4n) is 5.90. The number of aliphatic hydroxyl groups is 2. The summed E-state index contributed by atoms with van der Waals surface area (Å²) in [5.41, 5.74) is 0.590. The van der Waals surface area contributed by atoms with Gasteiger partial charge in [0.2, 0.25) is 18.0 Å². The Bertz CT molecular complexity index is 2210. The lowest BCUT2D eigenvalue weighted by Gasteiger charge is -2.24. The van der Waals surface area contributed by atoms with Gasteiger partial charge in [-0.25, -0.2) is 4.79 Å². The van der Waals surface area contributed by atoms with Gasteiger partial charge in [0, 0.05) is 23.5 Å². The van der Waals surface area contributed by atoms with Crippen molar-refractivity contribution in [2.24, 2.45) is 5.92 Å². The van der Waals surface area contributed by atoms with E-state index < -0.39 is 78.3 Å². The average Bonchev–Trinajstić information content (AvgIpc) is 3.63. The van der Waals surface area contributed by atoms with Gasteiger partial charge >= 0.3 is 11.6 Å². The maximum atomic E-state index is 14.5. The monoisotopic (exact) mass is 811 g/mol. The maximum absolute atomic E-state index is 14.5. The van der Waals surface area contributed by atoms with Crippen LogP contribution in [0.5, 0.6) is 11.5 Å². The first-order valence-electron chi connectivity index (χ1n) is 17.9. The van der Waals surface area contributed by atoms with Gasteiger partial charge in [-0.3, -0.25) is 23.7 Å². The van der Waals surface area contributed by atoms with Crippen molar-refractivity contribution >= 4 is 35.1 Å². The number of aromatic nitrogens is 3. The van der Waals surface area contributed by atoms with E-state index in [9.17, 15) is 43.0 Å². The van der Waals surface area contributed by atoms with Crippen molar-refractivity contribution in [3.8, 4) is 11.5 Å². The highest BCUT2D eigenvalue weighted by molar-refractivity contribution is 6.07. The zero-order valence-corrected chi connectivity index (χ0v) is 32.2. The molecule has 3 heterocycles. The Morgan fingerprint density at radius 3 is 2.34 bits per heavy atom. The molecule has 1 fully saturated rings. The molecule has 20 heteroatoms. The third-order valence-electron chi connectivity index (χ3n) is 9.23. The molecule has 0 spiro atoms. The van der Waals surface area contributed by atoms with Crippen LogP contribution in [0.25, 0.3) is 0 Å². The van der Waals surface area contributed by atoms with E-state index in [2.05, 4.69) is 31.4 Å². The van der Waals surface area contributed by atoms with Gasteiger partial charge in [-0.15, -0.1) is 0 Å². The second kappa shape index (κ2) is 17.9. The van der Waals surface area contributed by atoms with E-state index in [0.717, 1.165) is 17.8 Å². The first-order valence-corrected chi connectivity index (χ1v) is 17.9. The van der Waals surface area contributed by atoms with Crippen molar-refractivity contribution in [1.82, 2.24) is 25.3 Å². The van der Waals surface area contributed by atoms with E-state index >= 15 is 0 Å². The smallest absolute Gasteiger partial charge is 0.351 e. The van der Waals surface area contributed by atoms with Crippen molar-refractivity contribution < 1.29 is 56.9 Å². The first-order chi connectivity index (χ1) is 27.4. The van der Waals surface area contributed by atoms with E-state index in [-0.39, 0.29) is 35.0 Å². The van der Waals surface area contributed by atoms with Crippen LogP contribution in [-0.2, 0) is 20.9 Å². The fourth-order valence-corrected chi connectivity index (χ4v) is 5.90. The molecular formula is C38H43F2N7O11. The van der Waals surface area contributed by atoms with Crippen LogP contribution in [0, 0.1) is 19.8 Å². The zero-order valence-electron chi connectivity index (χ0n) is 32.2. The molecule has 1 saturated heterocycles. The molecule has 58 heavy (non-hydrogen) atoms. The number of aliphatic hydroxyl groups excluding tert-OH is 2. The summed E-state index contributed by atoms with van der Waals surface area (Å²) in [6.45, 7) is 7.37. The summed E-state index contributed by atoms with van der Waals surface area (Å²) in [6, 6.07) is 9.51. The molecular weight excluding hydrogens is 768 g/mol. The van der Waals surface area contributed by atoms with Crippen LogP contribution in [0.3, 0.4) is 0 Å². The molecule has 2 aromatic carbocycles. The summed E-state index contributed by atoms with van der Waals surface area (Å²) in [5, 5.41) is 33.1. The van der Waals surface area contributed by atoms with Gasteiger partial charge < -0.3 is 50.2 Å². The number of rotatable bonds is 15. The van der Waals surface area contributed by atoms with Gasteiger partial charge in [0.05, 0.1) is 30.5 Å². The minimum atomic E-state index is -3.93. The molecule has 1 aliphatic rings. The van der Waals surface area contributed by atoms with Crippen LogP contribution in [0.2, 0.25) is 0 Å². The largest absolute Gasteiger partial charge is 0.497 e. The minimum absolute atomic E-state index is 0.0322. The third-order valence-corrected chi connectivity index (χ3v) is 9.23. The molecule has 0 unspecified atom stereocenters. The summed E-state index contributed by atoms with van der Waals surface area (Å²) >= 11 is 0. The van der Waals surface area contributed by atoms with Crippen LogP contribution in [0.1, 0.15) is 64.7 Å². The van der Waals surface area contributed by atoms with Gasteiger partial charge in [0.25, 0.3) is 11.8 Å². The van der Waals surface area contributed by atoms with E-state index in [1.54, 1.807) is 52.0 Å². The van der Waals surface area contributed by atoms with Crippen LogP contribution in [0.15, 0.2) is 64.0 Å². The fraction of sp³-hybridized carbons (Fsp3) is 0.395. The molecule has 0 radical (unpaired) electrons. The number of carbonyl (C=O) groups is 4. The lowest BCUT2D eigenvalue weighted by molar-refractivity contribution is -0.141. The Balaban J connectivity index is 1.22. The first kappa shape index (κ1) is 42.9. The number of ether oxygens (including phenoxy) is 3. The van der Waals surface area contributed by atoms with Crippen molar-refractivity contribution in [2.75, 3.05) is 24.4 Å². The average molecular weight is 812 g/mol. The van der Waals surface area contributed by atoms with Crippen LogP contribution in [-0.4, -0.2) is 92.5 Å². The highest BCUT2D eigenvalue weighted by Crippen LogP contribution is 2.42. The quantitative estimate of drug-likeness (QED) is 0.101. The van der Waals surface area contributed by atoms with Crippen molar-refractivity contribution in [2.45, 2.75) is 77.7 Å². The van der Waals surface area contributed by atoms with Gasteiger partial charge in [0.1, 0.15) is 47.9 Å². The van der Waals surface area contributed by atoms with Crippen LogP contribution < -0.4 is 36.4 Å². The number of benzene rings is 2. The summed E-state index contributed by atoms with van der Waals surface area (Å²) in [5.74, 6) is -6.48. The lowest BCUT2D eigenvalue weighted by Crippen LogP contribution is -2.53. The molecule has 6 N–H and O–H groups in total. The molecule has 18 nitrogen and oxygen atoms in total. The van der Waals surface area contributed by atoms with Crippen molar-refractivity contribution in [3.05, 3.63) is 93.4 Å². The number of methoxy groups -OCH3 is 1. The van der Waals surface area contributed by atoms with Gasteiger partial charge in [-0.05, 0) is 57.0 Å². The molecule has 5 rings (SSSR count). The second-order valence-electron chi connectivity index (χ2n) is 13.7. The number of nitrogens with one attached hydrogen (secondary N) is 4. The minimum Gasteiger partial charge on any atom is -0.497 e. The summed E-state index contributed by atoms with van der Waals surface area (Å²) < 4.78 is 51.0. The number of hydrogen-bond acceptors (Lipinski definition) is 13. The number of hydrogen-bond donors (Lipinski definition) is 6. The molecule has 4 amide bonds. The second-order valence-corrected chi connectivity index (χ2v) is 13.7. The van der Waals surface area contributed by atoms with E-state index in [0.29, 0.717) is 21.8 Å². The number of carbonyl (C=O) groups excluding carboxylic acids is 4. The van der Waals surface area contributed by atoms with E-state index in [4.69, 9.17) is 18.7 Å². The SMILES string of the molecule is COc1cc(NC(=O)c2ccccc2OCc2c(C)noc2C)cc(C(=O)N[C@H](C(=O)N[C@@H](C)C(=O)Nc2ccn([C@@H]3O[C@H](CO)[C@@H](O)C3(F)F)c(=O)n2)C(C)C)c1. The number of aryl methyl sites for hydroxylation is 2. The number of amides is 4. The number of anilines is 2. The van der Waals surface area contributed by atoms with Crippen molar-refractivity contribution in [3.63, 3.8) is 0 Å². The molecule has 0 aliphatic carbocycles. The molecule has 310 valence electrons. The third kappa shape index (κ3) is 9.47. The normalized spacial score (nSPS) is 18.2. The highest BCUT2D eigenvalue weighted by atomic mass is 19.3. The Hall–Kier alpha value is -6.25.